The predicted molar refractivity (Wildman–Crippen MR) is 270 cm³/mol. The Morgan fingerprint density at radius 2 is 0.625 bits per heavy atom. The summed E-state index contributed by atoms with van der Waals surface area (Å²) in [5, 5.41) is 14.4. The van der Waals surface area contributed by atoms with Gasteiger partial charge in [-0.15, -0.1) is 0 Å². The number of hydrogen-bond donors (Lipinski definition) is 0. The van der Waals surface area contributed by atoms with E-state index >= 15 is 0 Å². The van der Waals surface area contributed by atoms with E-state index in [0.29, 0.717) is 5.82 Å². The summed E-state index contributed by atoms with van der Waals surface area (Å²) in [5.74, 6) is 0.673. The third-order valence-electron chi connectivity index (χ3n) is 12.6. The van der Waals surface area contributed by atoms with Gasteiger partial charge in [0, 0.05) is 29.1 Å². The molecule has 0 spiro atoms. The molecule has 0 unspecified atom stereocenters. The van der Waals surface area contributed by atoms with Crippen LogP contribution in [0, 0.1) is 0 Å². The number of benzene rings is 9. The Morgan fingerprint density at radius 3 is 1.19 bits per heavy atom. The van der Waals surface area contributed by atoms with Crippen LogP contribution < -0.4 is 0 Å². The average molecular weight is 814 g/mol. The minimum atomic E-state index is 0.673. The van der Waals surface area contributed by atoms with E-state index in [1.807, 2.05) is 24.5 Å². The van der Waals surface area contributed by atoms with Crippen LogP contribution in [0.1, 0.15) is 0 Å². The fourth-order valence-corrected chi connectivity index (χ4v) is 9.50. The van der Waals surface area contributed by atoms with E-state index in [-0.39, 0.29) is 0 Å². The molecule has 0 radical (unpaired) electrons. The van der Waals surface area contributed by atoms with E-state index in [2.05, 4.69) is 217 Å². The van der Waals surface area contributed by atoms with Crippen LogP contribution in [0.2, 0.25) is 0 Å². The number of rotatable bonds is 5. The Hall–Kier alpha value is -8.53. The summed E-state index contributed by atoms with van der Waals surface area (Å²) in [4.78, 5) is 14.9. The van der Waals surface area contributed by atoms with Crippen LogP contribution in [0.3, 0.4) is 0 Å². The molecule has 2 aromatic heterocycles. The summed E-state index contributed by atoms with van der Waals surface area (Å²) < 4.78 is 0. The molecule has 0 saturated heterocycles. The van der Waals surface area contributed by atoms with E-state index in [1.54, 1.807) is 0 Å². The van der Waals surface area contributed by atoms with Crippen LogP contribution in [0.15, 0.2) is 237 Å². The molecule has 0 aliphatic rings. The highest BCUT2D eigenvalue weighted by Crippen LogP contribution is 2.38. The van der Waals surface area contributed by atoms with Gasteiger partial charge in [-0.2, -0.15) is 0 Å². The quantitative estimate of drug-likeness (QED) is 0.174. The molecule has 2 heterocycles. The highest BCUT2D eigenvalue weighted by molar-refractivity contribution is 6.26. The van der Waals surface area contributed by atoms with Gasteiger partial charge in [0.05, 0.1) is 11.4 Å². The van der Waals surface area contributed by atoms with E-state index in [4.69, 9.17) is 9.97 Å². The largest absolute Gasteiger partial charge is 0.265 e. The van der Waals surface area contributed by atoms with Crippen LogP contribution in [0.25, 0.3) is 121 Å². The van der Waals surface area contributed by atoms with Crippen molar-refractivity contribution in [2.24, 2.45) is 0 Å². The summed E-state index contributed by atoms with van der Waals surface area (Å²) >= 11 is 0. The van der Waals surface area contributed by atoms with Crippen molar-refractivity contribution in [2.75, 3.05) is 0 Å². The maximum atomic E-state index is 5.39. The molecule has 0 saturated carbocycles. The molecule has 0 aliphatic carbocycles. The summed E-state index contributed by atoms with van der Waals surface area (Å²) in [5.41, 5.74) is 9.30. The Bertz CT molecular complexity index is 3740. The van der Waals surface area contributed by atoms with Gasteiger partial charge in [-0.25, -0.2) is 9.97 Å². The molecular formula is C61H39N3. The molecular weight excluding hydrogens is 775 g/mol. The zero-order valence-electron chi connectivity index (χ0n) is 34.9. The van der Waals surface area contributed by atoms with E-state index < -0.39 is 0 Å². The standard InChI is InChI=1S/C61H39N3/c1-2-14-47-42(12-1)13-11-23-48(47)43-26-30-45(31-27-43)61-63-59(44-28-24-40(25-29-44)41-34-36-62-37-35-41)39-60(64-61)46-32-33-57-55-21-8-7-19-53(55)51-17-4-3-15-49(51)50-16-5-6-18-52(50)54-20-9-10-22-56(54)58(57)38-46/h1-39H. The fourth-order valence-electron chi connectivity index (χ4n) is 9.50. The summed E-state index contributed by atoms with van der Waals surface area (Å²) in [7, 11) is 0. The predicted octanol–water partition coefficient (Wildman–Crippen LogP) is 16.3. The van der Waals surface area contributed by atoms with Crippen molar-refractivity contribution in [2.45, 2.75) is 0 Å². The van der Waals surface area contributed by atoms with Crippen LogP contribution in [-0.2, 0) is 0 Å². The second-order valence-corrected chi connectivity index (χ2v) is 16.3. The smallest absolute Gasteiger partial charge is 0.160 e. The van der Waals surface area contributed by atoms with Crippen LogP contribution in [0.4, 0.5) is 0 Å². The molecule has 64 heavy (non-hydrogen) atoms. The maximum absolute atomic E-state index is 5.39. The van der Waals surface area contributed by atoms with Crippen LogP contribution in [0.5, 0.6) is 0 Å². The molecule has 12 rings (SSSR count). The maximum Gasteiger partial charge on any atom is 0.160 e. The average Bonchev–Trinajstić information content (AvgIpc) is 3.38. The summed E-state index contributed by atoms with van der Waals surface area (Å²) in [6, 6.07) is 80.7. The Labute approximate surface area is 371 Å². The lowest BCUT2D eigenvalue weighted by molar-refractivity contribution is 1.18. The first-order valence-corrected chi connectivity index (χ1v) is 21.7. The zero-order valence-corrected chi connectivity index (χ0v) is 34.9. The molecule has 12 aromatic rings. The van der Waals surface area contributed by atoms with Gasteiger partial charge in [-0.3, -0.25) is 4.98 Å². The van der Waals surface area contributed by atoms with E-state index in [0.717, 1.165) is 50.2 Å². The Kier molecular flexibility index (Phi) is 9.16. The zero-order chi connectivity index (χ0) is 42.4. The van der Waals surface area contributed by atoms with Gasteiger partial charge in [-0.1, -0.05) is 200 Å². The molecule has 3 nitrogen and oxygen atoms in total. The Balaban J connectivity index is 1.10. The van der Waals surface area contributed by atoms with Crippen molar-refractivity contribution in [1.82, 2.24) is 15.0 Å². The molecule has 3 heteroatoms. The first-order valence-electron chi connectivity index (χ1n) is 21.7. The van der Waals surface area contributed by atoms with Gasteiger partial charge in [0.1, 0.15) is 0 Å². The topological polar surface area (TPSA) is 38.7 Å². The molecule has 10 aromatic carbocycles. The van der Waals surface area contributed by atoms with Crippen molar-refractivity contribution >= 4 is 64.6 Å². The second kappa shape index (κ2) is 15.7. The van der Waals surface area contributed by atoms with Crippen molar-refractivity contribution in [3.05, 3.63) is 237 Å². The lowest BCUT2D eigenvalue weighted by Gasteiger charge is -2.13. The fraction of sp³-hybridized carbons (Fsp3) is 0. The molecule has 0 fully saturated rings. The highest BCUT2D eigenvalue weighted by atomic mass is 14.9. The molecule has 0 N–H and O–H groups in total. The van der Waals surface area contributed by atoms with Gasteiger partial charge >= 0.3 is 0 Å². The monoisotopic (exact) mass is 813 g/mol. The number of nitrogens with zero attached hydrogens (tertiary/aromatic N) is 3. The molecule has 0 amide bonds. The van der Waals surface area contributed by atoms with Gasteiger partial charge in [0.2, 0.25) is 0 Å². The lowest BCUT2D eigenvalue weighted by atomic mass is 9.93. The van der Waals surface area contributed by atoms with Crippen molar-refractivity contribution in [3.8, 4) is 56.2 Å². The summed E-state index contributed by atoms with van der Waals surface area (Å²) in [6.07, 6.45) is 3.66. The third-order valence-corrected chi connectivity index (χ3v) is 12.6. The van der Waals surface area contributed by atoms with Crippen molar-refractivity contribution < 1.29 is 0 Å². The molecule has 0 bridgehead atoms. The lowest BCUT2D eigenvalue weighted by Crippen LogP contribution is -1.96. The number of aromatic nitrogens is 3. The van der Waals surface area contributed by atoms with Crippen molar-refractivity contribution in [1.29, 1.82) is 0 Å². The SMILES string of the molecule is c1ccc2c(-c3ccc(-c4nc(-c5ccc(-c6ccncc6)cc5)cc(-c5ccc6c7ccccc7c7ccccc7c7ccccc7c7ccccc7c6c5)n4)cc3)cccc2c1. The van der Waals surface area contributed by atoms with Gasteiger partial charge < -0.3 is 0 Å². The first-order chi connectivity index (χ1) is 31.7. The number of hydrogen-bond acceptors (Lipinski definition) is 3. The minimum absolute atomic E-state index is 0.673. The van der Waals surface area contributed by atoms with Gasteiger partial charge in [0.15, 0.2) is 5.82 Å². The highest BCUT2D eigenvalue weighted by Gasteiger charge is 2.15. The Morgan fingerprint density at radius 1 is 0.234 bits per heavy atom. The number of fused-ring (bicyclic) bond motifs is 11. The van der Waals surface area contributed by atoms with E-state index in [1.165, 1.54) is 64.8 Å². The summed E-state index contributed by atoms with van der Waals surface area (Å²) in [6.45, 7) is 0. The molecule has 0 aliphatic heterocycles. The van der Waals surface area contributed by atoms with Gasteiger partial charge in [-0.05, 0) is 111 Å². The van der Waals surface area contributed by atoms with Crippen LogP contribution >= 0.6 is 0 Å². The minimum Gasteiger partial charge on any atom is -0.265 e. The van der Waals surface area contributed by atoms with Gasteiger partial charge in [0.25, 0.3) is 0 Å². The normalized spacial score (nSPS) is 11.4. The second-order valence-electron chi connectivity index (χ2n) is 16.3. The molecule has 0 atom stereocenters. The number of pyridine rings is 1. The third kappa shape index (κ3) is 6.59. The van der Waals surface area contributed by atoms with E-state index in [9.17, 15) is 0 Å². The van der Waals surface area contributed by atoms with Crippen LogP contribution in [-0.4, -0.2) is 15.0 Å². The first kappa shape index (κ1) is 37.2. The molecule has 298 valence electrons. The van der Waals surface area contributed by atoms with Crippen molar-refractivity contribution in [3.63, 3.8) is 0 Å².